The lowest BCUT2D eigenvalue weighted by molar-refractivity contribution is 0.589. The first-order chi connectivity index (χ1) is 15.8. The zero-order valence-electron chi connectivity index (χ0n) is 19.7. The fourth-order valence-corrected chi connectivity index (χ4v) is 4.11. The Morgan fingerprint density at radius 2 is 1.70 bits per heavy atom. The second-order valence-electron chi connectivity index (χ2n) is 9.61. The Balaban J connectivity index is 1.64. The quantitative estimate of drug-likeness (QED) is 0.305. The van der Waals surface area contributed by atoms with Gasteiger partial charge in [-0.1, -0.05) is 63.2 Å². The van der Waals surface area contributed by atoms with E-state index >= 15 is 0 Å². The van der Waals surface area contributed by atoms with Gasteiger partial charge in [-0.25, -0.2) is 10.4 Å². The number of nitrogens with one attached hydrogen (secondary N) is 2. The van der Waals surface area contributed by atoms with Crippen molar-refractivity contribution in [2.24, 2.45) is 5.10 Å². The number of H-pyrrole nitrogens is 1. The van der Waals surface area contributed by atoms with Crippen LogP contribution in [-0.2, 0) is 5.41 Å². The van der Waals surface area contributed by atoms with Gasteiger partial charge in [0.25, 0.3) is 0 Å². The first kappa shape index (κ1) is 21.0. The van der Waals surface area contributed by atoms with Gasteiger partial charge < -0.3 is 9.40 Å². The van der Waals surface area contributed by atoms with E-state index < -0.39 is 0 Å². The Morgan fingerprint density at radius 3 is 2.42 bits per heavy atom. The third-order valence-corrected chi connectivity index (χ3v) is 5.88. The molecule has 0 saturated heterocycles. The standard InChI is InChI=1S/C28H28N4O/c1-17-14-18(2)26-21(15-17)24(31-32-27-29-22-8-6-7-9-23(22)30-27)16-25(33-26)19-10-12-20(13-11-19)28(3,4)5/h6-16H,1-5H3,(H2,29,30,32)/b31-24+. The number of imidazole rings is 1. The van der Waals surface area contributed by atoms with Crippen molar-refractivity contribution in [1.82, 2.24) is 9.97 Å². The van der Waals surface area contributed by atoms with Gasteiger partial charge >= 0.3 is 0 Å². The van der Waals surface area contributed by atoms with Crippen LogP contribution in [0.25, 0.3) is 33.3 Å². The molecule has 0 radical (unpaired) electrons. The van der Waals surface area contributed by atoms with Gasteiger partial charge in [0.15, 0.2) is 0 Å². The highest BCUT2D eigenvalue weighted by Crippen LogP contribution is 2.28. The molecule has 0 amide bonds. The summed E-state index contributed by atoms with van der Waals surface area (Å²) in [6, 6.07) is 22.7. The summed E-state index contributed by atoms with van der Waals surface area (Å²) < 4.78 is 6.39. The number of aromatic amines is 1. The number of rotatable bonds is 3. The second-order valence-corrected chi connectivity index (χ2v) is 9.61. The molecule has 0 spiro atoms. The molecule has 5 aromatic rings. The van der Waals surface area contributed by atoms with Gasteiger partial charge in [-0.05, 0) is 54.2 Å². The molecule has 0 unspecified atom stereocenters. The third kappa shape index (κ3) is 4.14. The molecule has 2 aromatic heterocycles. The average molecular weight is 437 g/mol. The lowest BCUT2D eigenvalue weighted by atomic mass is 9.86. The van der Waals surface area contributed by atoms with E-state index in [0.717, 1.165) is 49.8 Å². The van der Waals surface area contributed by atoms with Crippen LogP contribution in [0.5, 0.6) is 0 Å². The van der Waals surface area contributed by atoms with E-state index in [1.165, 1.54) is 5.56 Å². The predicted molar refractivity (Wildman–Crippen MR) is 135 cm³/mol. The van der Waals surface area contributed by atoms with Crippen molar-refractivity contribution in [2.75, 3.05) is 5.43 Å². The molecule has 3 aromatic carbocycles. The third-order valence-electron chi connectivity index (χ3n) is 5.88. The molecule has 0 aliphatic rings. The van der Waals surface area contributed by atoms with Crippen LogP contribution < -0.4 is 10.8 Å². The molecule has 2 heterocycles. The molecule has 0 fully saturated rings. The Bertz CT molecular complexity index is 1500. The lowest BCUT2D eigenvalue weighted by Gasteiger charge is -2.19. The summed E-state index contributed by atoms with van der Waals surface area (Å²) in [5.74, 6) is 1.38. The summed E-state index contributed by atoms with van der Waals surface area (Å²) in [5, 5.41) is 6.49. The van der Waals surface area contributed by atoms with Gasteiger partial charge in [-0.3, -0.25) is 0 Å². The summed E-state index contributed by atoms with van der Waals surface area (Å²) in [6.45, 7) is 10.8. The molecule has 0 aliphatic carbocycles. The van der Waals surface area contributed by atoms with Crippen molar-refractivity contribution < 1.29 is 4.42 Å². The predicted octanol–water partition coefficient (Wildman–Crippen LogP) is 6.82. The summed E-state index contributed by atoms with van der Waals surface area (Å²) in [7, 11) is 0. The van der Waals surface area contributed by atoms with Gasteiger partial charge in [0.2, 0.25) is 5.95 Å². The van der Waals surface area contributed by atoms with Crippen molar-refractivity contribution >= 4 is 28.0 Å². The van der Waals surface area contributed by atoms with E-state index in [1.807, 2.05) is 30.3 Å². The Labute approximate surface area is 193 Å². The van der Waals surface area contributed by atoms with Crippen molar-refractivity contribution in [1.29, 1.82) is 0 Å². The fraction of sp³-hybridized carbons (Fsp3) is 0.214. The minimum atomic E-state index is 0.101. The van der Waals surface area contributed by atoms with E-state index in [4.69, 9.17) is 9.52 Å². The maximum absolute atomic E-state index is 6.39. The highest BCUT2D eigenvalue weighted by molar-refractivity contribution is 5.82. The Kier molecular flexibility index (Phi) is 5.05. The number of benzene rings is 3. The van der Waals surface area contributed by atoms with E-state index in [0.29, 0.717) is 5.95 Å². The van der Waals surface area contributed by atoms with Crippen LogP contribution in [0.3, 0.4) is 0 Å². The second kappa shape index (κ2) is 7.93. The number of hydrogen-bond donors (Lipinski definition) is 2. The maximum Gasteiger partial charge on any atom is 0.222 e. The highest BCUT2D eigenvalue weighted by atomic mass is 16.3. The van der Waals surface area contributed by atoms with E-state index in [9.17, 15) is 0 Å². The minimum absolute atomic E-state index is 0.101. The van der Waals surface area contributed by atoms with Crippen LogP contribution in [0.1, 0.15) is 37.5 Å². The first-order valence-electron chi connectivity index (χ1n) is 11.2. The van der Waals surface area contributed by atoms with Crippen LogP contribution in [0.2, 0.25) is 0 Å². The summed E-state index contributed by atoms with van der Waals surface area (Å²) in [4.78, 5) is 7.84. The zero-order valence-corrected chi connectivity index (χ0v) is 19.7. The van der Waals surface area contributed by atoms with Crippen molar-refractivity contribution in [3.8, 4) is 11.3 Å². The number of hydrogen-bond acceptors (Lipinski definition) is 4. The smallest absolute Gasteiger partial charge is 0.222 e. The number of aryl methyl sites for hydroxylation is 2. The van der Waals surface area contributed by atoms with Gasteiger partial charge in [0, 0.05) is 17.0 Å². The van der Waals surface area contributed by atoms with Crippen LogP contribution in [0.4, 0.5) is 5.95 Å². The Morgan fingerprint density at radius 1 is 0.939 bits per heavy atom. The zero-order chi connectivity index (χ0) is 23.2. The largest absolute Gasteiger partial charge is 0.456 e. The molecule has 0 aliphatic heterocycles. The molecule has 5 nitrogen and oxygen atoms in total. The van der Waals surface area contributed by atoms with Crippen LogP contribution in [0, 0.1) is 13.8 Å². The van der Waals surface area contributed by atoms with Crippen LogP contribution in [-0.4, -0.2) is 9.97 Å². The van der Waals surface area contributed by atoms with Crippen molar-refractivity contribution in [2.45, 2.75) is 40.0 Å². The SMILES string of the molecule is Cc1cc(C)c2oc(-c3ccc(C(C)(C)C)cc3)c/c(=N\Nc3nc4ccccc4[nH]3)c2c1. The van der Waals surface area contributed by atoms with Gasteiger partial charge in [-0.15, -0.1) is 0 Å². The molecular formula is C28H28N4O. The minimum Gasteiger partial charge on any atom is -0.456 e. The lowest BCUT2D eigenvalue weighted by Crippen LogP contribution is -2.11. The molecule has 33 heavy (non-hydrogen) atoms. The average Bonchev–Trinajstić information content (AvgIpc) is 3.20. The normalized spacial score (nSPS) is 12.6. The topological polar surface area (TPSA) is 66.2 Å². The van der Waals surface area contributed by atoms with Gasteiger partial charge in [-0.2, -0.15) is 5.10 Å². The molecule has 0 saturated carbocycles. The maximum atomic E-state index is 6.39. The first-order valence-corrected chi connectivity index (χ1v) is 11.2. The number of anilines is 1. The number of fused-ring (bicyclic) bond motifs is 2. The Hall–Kier alpha value is -3.86. The van der Waals surface area contributed by atoms with Crippen molar-refractivity contribution in [3.63, 3.8) is 0 Å². The van der Waals surface area contributed by atoms with Crippen LogP contribution >= 0.6 is 0 Å². The molecule has 5 heteroatoms. The van der Waals surface area contributed by atoms with E-state index in [1.54, 1.807) is 0 Å². The molecule has 5 rings (SSSR count). The fourth-order valence-electron chi connectivity index (χ4n) is 4.11. The molecule has 0 bridgehead atoms. The monoisotopic (exact) mass is 436 g/mol. The van der Waals surface area contributed by atoms with Gasteiger partial charge in [0.1, 0.15) is 11.3 Å². The van der Waals surface area contributed by atoms with Gasteiger partial charge in [0.05, 0.1) is 16.4 Å². The van der Waals surface area contributed by atoms with Crippen molar-refractivity contribution in [3.05, 3.63) is 88.8 Å². The number of aromatic nitrogens is 2. The van der Waals surface area contributed by atoms with E-state index in [2.05, 4.69) is 86.4 Å². The molecular weight excluding hydrogens is 408 g/mol. The summed E-state index contributed by atoms with van der Waals surface area (Å²) >= 11 is 0. The highest BCUT2D eigenvalue weighted by Gasteiger charge is 2.14. The molecule has 2 N–H and O–H groups in total. The number of nitrogens with zero attached hydrogens (tertiary/aromatic N) is 2. The number of para-hydroxylation sites is 2. The van der Waals surface area contributed by atoms with Crippen LogP contribution in [0.15, 0.2) is 76.2 Å². The molecule has 166 valence electrons. The molecule has 0 atom stereocenters. The van der Waals surface area contributed by atoms with E-state index in [-0.39, 0.29) is 5.41 Å². The summed E-state index contributed by atoms with van der Waals surface area (Å²) in [5.41, 5.74) is 10.5. The summed E-state index contributed by atoms with van der Waals surface area (Å²) in [6.07, 6.45) is 0.